The SMILES string of the molecule is CC(C)(Cn1ccc(Cl)n1)NC(=O)OC(C)(C)C. The molecule has 1 amide bonds. The number of alkyl carbamates (subject to hydrolysis) is 1. The van der Waals surface area contributed by atoms with Gasteiger partial charge in [-0.15, -0.1) is 0 Å². The van der Waals surface area contributed by atoms with Crippen LogP contribution >= 0.6 is 11.6 Å². The highest BCUT2D eigenvalue weighted by molar-refractivity contribution is 6.29. The van der Waals surface area contributed by atoms with Crippen LogP contribution in [0.5, 0.6) is 0 Å². The van der Waals surface area contributed by atoms with Crippen molar-refractivity contribution in [3.05, 3.63) is 17.4 Å². The van der Waals surface area contributed by atoms with Crippen molar-refractivity contribution in [2.45, 2.75) is 52.3 Å². The molecule has 5 nitrogen and oxygen atoms in total. The summed E-state index contributed by atoms with van der Waals surface area (Å²) >= 11 is 5.74. The molecule has 0 aliphatic heterocycles. The Balaban J connectivity index is 2.56. The molecule has 0 unspecified atom stereocenters. The highest BCUT2D eigenvalue weighted by Crippen LogP contribution is 2.12. The molecule has 0 aromatic carbocycles. The smallest absolute Gasteiger partial charge is 0.408 e. The van der Waals surface area contributed by atoms with E-state index in [1.807, 2.05) is 34.6 Å². The van der Waals surface area contributed by atoms with Crippen LogP contribution in [0.1, 0.15) is 34.6 Å². The van der Waals surface area contributed by atoms with Crippen LogP contribution in [0.2, 0.25) is 5.15 Å². The van der Waals surface area contributed by atoms with Crippen molar-refractivity contribution in [3.8, 4) is 0 Å². The highest BCUT2D eigenvalue weighted by Gasteiger charge is 2.25. The Hall–Kier alpha value is -1.23. The van der Waals surface area contributed by atoms with Crippen molar-refractivity contribution in [1.29, 1.82) is 0 Å². The van der Waals surface area contributed by atoms with E-state index < -0.39 is 17.2 Å². The van der Waals surface area contributed by atoms with Crippen molar-refractivity contribution in [2.24, 2.45) is 0 Å². The second-order valence-corrected chi connectivity index (χ2v) is 6.23. The van der Waals surface area contributed by atoms with Gasteiger partial charge in [0.1, 0.15) is 5.60 Å². The third-order valence-corrected chi connectivity index (χ3v) is 2.21. The van der Waals surface area contributed by atoms with Crippen LogP contribution in [0.25, 0.3) is 0 Å². The van der Waals surface area contributed by atoms with Gasteiger partial charge in [0, 0.05) is 6.20 Å². The minimum atomic E-state index is -0.505. The van der Waals surface area contributed by atoms with Gasteiger partial charge in [0.25, 0.3) is 0 Å². The van der Waals surface area contributed by atoms with E-state index in [1.165, 1.54) is 0 Å². The van der Waals surface area contributed by atoms with Crippen molar-refractivity contribution in [2.75, 3.05) is 0 Å². The van der Waals surface area contributed by atoms with Crippen LogP contribution < -0.4 is 5.32 Å². The number of ether oxygens (including phenoxy) is 1. The predicted octanol–water partition coefficient (Wildman–Crippen LogP) is 2.84. The first-order valence-electron chi connectivity index (χ1n) is 5.77. The summed E-state index contributed by atoms with van der Waals surface area (Å²) in [6.45, 7) is 9.78. The Morgan fingerprint density at radius 1 is 1.44 bits per heavy atom. The van der Waals surface area contributed by atoms with Gasteiger partial charge in [-0.2, -0.15) is 5.10 Å². The molecule has 0 aliphatic carbocycles. The molecule has 1 heterocycles. The molecule has 0 fully saturated rings. The van der Waals surface area contributed by atoms with E-state index in [9.17, 15) is 4.79 Å². The van der Waals surface area contributed by atoms with E-state index in [2.05, 4.69) is 10.4 Å². The molecular formula is C12H20ClN3O2. The van der Waals surface area contributed by atoms with E-state index in [-0.39, 0.29) is 0 Å². The molecule has 1 aromatic heterocycles. The second kappa shape index (κ2) is 5.18. The van der Waals surface area contributed by atoms with E-state index in [0.717, 1.165) is 0 Å². The molecule has 1 N–H and O–H groups in total. The van der Waals surface area contributed by atoms with E-state index in [0.29, 0.717) is 11.7 Å². The Labute approximate surface area is 112 Å². The first kappa shape index (κ1) is 14.8. The number of hydrogen-bond donors (Lipinski definition) is 1. The average Bonchev–Trinajstić information content (AvgIpc) is 2.44. The molecule has 6 heteroatoms. The van der Waals surface area contributed by atoms with Gasteiger partial charge in [0.05, 0.1) is 12.1 Å². The monoisotopic (exact) mass is 273 g/mol. The first-order chi connectivity index (χ1) is 8.07. The number of hydrogen-bond acceptors (Lipinski definition) is 3. The summed E-state index contributed by atoms with van der Waals surface area (Å²) in [5, 5.41) is 7.31. The molecule has 0 radical (unpaired) electrons. The molecule has 1 rings (SSSR count). The fraction of sp³-hybridized carbons (Fsp3) is 0.667. The summed E-state index contributed by atoms with van der Waals surface area (Å²) in [5.74, 6) is 0. The van der Waals surface area contributed by atoms with Crippen LogP contribution in [0.3, 0.4) is 0 Å². The standard InChI is InChI=1S/C12H20ClN3O2/c1-11(2,3)18-10(17)14-12(4,5)8-16-7-6-9(13)15-16/h6-7H,8H2,1-5H3,(H,14,17). The zero-order chi connectivity index (χ0) is 14.0. The Morgan fingerprint density at radius 2 is 2.06 bits per heavy atom. The minimum absolute atomic E-state index is 0.433. The molecule has 18 heavy (non-hydrogen) atoms. The first-order valence-corrected chi connectivity index (χ1v) is 6.15. The third kappa shape index (κ3) is 5.40. The second-order valence-electron chi connectivity index (χ2n) is 5.85. The molecular weight excluding hydrogens is 254 g/mol. The van der Waals surface area contributed by atoms with Crippen molar-refractivity contribution < 1.29 is 9.53 Å². The molecule has 0 spiro atoms. The van der Waals surface area contributed by atoms with Gasteiger partial charge in [0.15, 0.2) is 5.15 Å². The van der Waals surface area contributed by atoms with Gasteiger partial charge in [-0.3, -0.25) is 4.68 Å². The molecule has 0 aliphatic rings. The van der Waals surface area contributed by atoms with Crippen LogP contribution in [0.15, 0.2) is 12.3 Å². The molecule has 0 saturated carbocycles. The zero-order valence-corrected chi connectivity index (χ0v) is 12.2. The Bertz CT molecular complexity index is 421. The maximum atomic E-state index is 11.7. The Kier molecular flexibility index (Phi) is 4.27. The van der Waals surface area contributed by atoms with Crippen molar-refractivity contribution in [1.82, 2.24) is 15.1 Å². The van der Waals surface area contributed by atoms with Crippen LogP contribution in [0.4, 0.5) is 4.79 Å². The fourth-order valence-electron chi connectivity index (χ4n) is 1.45. The number of amides is 1. The van der Waals surface area contributed by atoms with Crippen LogP contribution in [-0.4, -0.2) is 27.0 Å². The maximum absolute atomic E-state index is 11.7. The van der Waals surface area contributed by atoms with Gasteiger partial charge in [-0.1, -0.05) is 11.6 Å². The van der Waals surface area contributed by atoms with E-state index in [1.54, 1.807) is 16.9 Å². The van der Waals surface area contributed by atoms with E-state index in [4.69, 9.17) is 16.3 Å². The fourth-order valence-corrected chi connectivity index (χ4v) is 1.60. The van der Waals surface area contributed by atoms with Gasteiger partial charge < -0.3 is 10.1 Å². The van der Waals surface area contributed by atoms with Crippen molar-refractivity contribution in [3.63, 3.8) is 0 Å². The quantitative estimate of drug-likeness (QED) is 0.921. The largest absolute Gasteiger partial charge is 0.444 e. The van der Waals surface area contributed by atoms with Gasteiger partial charge in [-0.25, -0.2) is 4.79 Å². The summed E-state index contributed by atoms with van der Waals surface area (Å²) < 4.78 is 6.89. The lowest BCUT2D eigenvalue weighted by Gasteiger charge is -2.28. The van der Waals surface area contributed by atoms with Gasteiger partial charge >= 0.3 is 6.09 Å². The number of carbonyl (C=O) groups excluding carboxylic acids is 1. The molecule has 0 saturated heterocycles. The van der Waals surface area contributed by atoms with Crippen molar-refractivity contribution >= 4 is 17.7 Å². The normalized spacial score (nSPS) is 12.3. The summed E-state index contributed by atoms with van der Waals surface area (Å²) in [5.41, 5.74) is -0.979. The van der Waals surface area contributed by atoms with Gasteiger partial charge in [0.2, 0.25) is 0 Å². The lowest BCUT2D eigenvalue weighted by Crippen LogP contribution is -2.48. The molecule has 1 aromatic rings. The maximum Gasteiger partial charge on any atom is 0.408 e. The Morgan fingerprint density at radius 3 is 2.50 bits per heavy atom. The lowest BCUT2D eigenvalue weighted by atomic mass is 10.1. The highest BCUT2D eigenvalue weighted by atomic mass is 35.5. The number of halogens is 1. The number of carbonyl (C=O) groups is 1. The number of aromatic nitrogens is 2. The number of nitrogens with zero attached hydrogens (tertiary/aromatic N) is 2. The molecule has 102 valence electrons. The summed E-state index contributed by atoms with van der Waals surface area (Å²) in [7, 11) is 0. The zero-order valence-electron chi connectivity index (χ0n) is 11.5. The minimum Gasteiger partial charge on any atom is -0.444 e. The predicted molar refractivity (Wildman–Crippen MR) is 70.7 cm³/mol. The summed E-state index contributed by atoms with van der Waals surface area (Å²) in [4.78, 5) is 11.7. The number of nitrogens with one attached hydrogen (secondary N) is 1. The van der Waals surface area contributed by atoms with Gasteiger partial charge in [-0.05, 0) is 40.7 Å². The molecule has 0 atom stereocenters. The van der Waals surface area contributed by atoms with Crippen LogP contribution in [-0.2, 0) is 11.3 Å². The van der Waals surface area contributed by atoms with E-state index >= 15 is 0 Å². The molecule has 0 bridgehead atoms. The lowest BCUT2D eigenvalue weighted by molar-refractivity contribution is 0.0462. The topological polar surface area (TPSA) is 56.2 Å². The summed E-state index contributed by atoms with van der Waals surface area (Å²) in [6.07, 6.45) is 1.33. The third-order valence-electron chi connectivity index (χ3n) is 2.00. The average molecular weight is 274 g/mol. The van der Waals surface area contributed by atoms with Crippen LogP contribution in [0, 0.1) is 0 Å². The summed E-state index contributed by atoms with van der Waals surface area (Å²) in [6, 6.07) is 1.70. The number of rotatable bonds is 3.